The number of aliphatic imine (C=N–C) groups is 1. The van der Waals surface area contributed by atoms with E-state index >= 15 is 0 Å². The Balaban J connectivity index is 3.88. The maximum Gasteiger partial charge on any atom is 0.117 e. The van der Waals surface area contributed by atoms with E-state index < -0.39 is 12.2 Å². The Morgan fingerprint density at radius 3 is 2.00 bits per heavy atom. The van der Waals surface area contributed by atoms with Crippen LogP contribution in [0.15, 0.2) is 4.99 Å². The maximum atomic E-state index is 9.01. The van der Waals surface area contributed by atoms with Crippen LogP contribution in [-0.2, 0) is 0 Å². The Bertz CT molecular complexity index is 110. The lowest BCUT2D eigenvalue weighted by Gasteiger charge is -2.11. The van der Waals surface area contributed by atoms with Gasteiger partial charge in [0.2, 0.25) is 0 Å². The number of nitrogens with zero attached hydrogens (tertiary/aromatic N) is 1. The van der Waals surface area contributed by atoms with Crippen LogP contribution in [0.3, 0.4) is 0 Å². The molecule has 0 saturated heterocycles. The number of hydrogen-bond acceptors (Lipinski definition) is 3. The summed E-state index contributed by atoms with van der Waals surface area (Å²) in [6.07, 6.45) is -1.54. The maximum absolute atomic E-state index is 9.01. The molecule has 2 N–H and O–H groups in total. The SMILES string of the molecule is CN=C(C)C(O)[C@@H](C)O. The van der Waals surface area contributed by atoms with Crippen LogP contribution < -0.4 is 0 Å². The zero-order chi connectivity index (χ0) is 7.44. The summed E-state index contributed by atoms with van der Waals surface area (Å²) in [7, 11) is 1.58. The first-order chi connectivity index (χ1) is 4.09. The first-order valence-corrected chi connectivity index (χ1v) is 2.89. The highest BCUT2D eigenvalue weighted by atomic mass is 16.3. The van der Waals surface area contributed by atoms with E-state index in [4.69, 9.17) is 10.2 Å². The molecule has 0 heterocycles. The number of aliphatic hydroxyl groups is 2. The van der Waals surface area contributed by atoms with Crippen LogP contribution in [0.4, 0.5) is 0 Å². The van der Waals surface area contributed by atoms with E-state index in [0.29, 0.717) is 5.71 Å². The van der Waals surface area contributed by atoms with E-state index in [2.05, 4.69) is 4.99 Å². The molecular formula is C6H13NO2. The zero-order valence-electron chi connectivity index (χ0n) is 6.00. The lowest BCUT2D eigenvalue weighted by atomic mass is 10.1. The van der Waals surface area contributed by atoms with Gasteiger partial charge < -0.3 is 10.2 Å². The van der Waals surface area contributed by atoms with Crippen LogP contribution in [0.5, 0.6) is 0 Å². The molecule has 0 aromatic heterocycles. The van der Waals surface area contributed by atoms with Crippen molar-refractivity contribution in [3.8, 4) is 0 Å². The second kappa shape index (κ2) is 3.58. The molecule has 2 atom stereocenters. The number of hydrogen-bond donors (Lipinski definition) is 2. The normalized spacial score (nSPS) is 19.4. The predicted octanol–water partition coefficient (Wildman–Crippen LogP) is -0.181. The molecule has 0 spiro atoms. The second-order valence-corrected chi connectivity index (χ2v) is 2.05. The minimum Gasteiger partial charge on any atom is -0.390 e. The van der Waals surface area contributed by atoms with Crippen molar-refractivity contribution in [3.05, 3.63) is 0 Å². The highest BCUT2D eigenvalue weighted by Crippen LogP contribution is 1.93. The van der Waals surface area contributed by atoms with Gasteiger partial charge in [-0.25, -0.2) is 0 Å². The average molecular weight is 131 g/mol. The summed E-state index contributed by atoms with van der Waals surface area (Å²) in [6, 6.07) is 0. The Hall–Kier alpha value is -0.410. The molecule has 0 aromatic carbocycles. The monoisotopic (exact) mass is 131 g/mol. The van der Waals surface area contributed by atoms with Gasteiger partial charge in [-0.3, -0.25) is 4.99 Å². The van der Waals surface area contributed by atoms with Gasteiger partial charge in [-0.1, -0.05) is 0 Å². The third-order valence-corrected chi connectivity index (χ3v) is 1.24. The van der Waals surface area contributed by atoms with Gasteiger partial charge in [-0.2, -0.15) is 0 Å². The molecule has 0 fully saturated rings. The number of aliphatic hydroxyl groups excluding tert-OH is 2. The molecule has 0 aromatic rings. The molecule has 54 valence electrons. The molecule has 3 heteroatoms. The van der Waals surface area contributed by atoms with Crippen molar-refractivity contribution in [2.24, 2.45) is 4.99 Å². The lowest BCUT2D eigenvalue weighted by molar-refractivity contribution is 0.0733. The Kier molecular flexibility index (Phi) is 3.42. The molecule has 1 unspecified atom stereocenters. The zero-order valence-corrected chi connectivity index (χ0v) is 6.00. The van der Waals surface area contributed by atoms with Gasteiger partial charge in [0, 0.05) is 12.8 Å². The second-order valence-electron chi connectivity index (χ2n) is 2.05. The minimum absolute atomic E-state index is 0.560. The summed E-state index contributed by atoms with van der Waals surface area (Å²) in [5, 5.41) is 17.8. The molecular weight excluding hydrogens is 118 g/mol. The molecule has 3 nitrogen and oxygen atoms in total. The predicted molar refractivity (Wildman–Crippen MR) is 36.7 cm³/mol. The molecule has 0 radical (unpaired) electrons. The van der Waals surface area contributed by atoms with Crippen molar-refractivity contribution in [1.82, 2.24) is 0 Å². The van der Waals surface area contributed by atoms with Crippen molar-refractivity contribution < 1.29 is 10.2 Å². The molecule has 9 heavy (non-hydrogen) atoms. The van der Waals surface area contributed by atoms with Gasteiger partial charge in [0.1, 0.15) is 6.10 Å². The van der Waals surface area contributed by atoms with E-state index in [-0.39, 0.29) is 0 Å². The van der Waals surface area contributed by atoms with Gasteiger partial charge in [0.25, 0.3) is 0 Å². The molecule has 0 aliphatic rings. The van der Waals surface area contributed by atoms with Crippen LogP contribution in [0, 0.1) is 0 Å². The van der Waals surface area contributed by atoms with Crippen molar-refractivity contribution in [1.29, 1.82) is 0 Å². The first kappa shape index (κ1) is 8.59. The Morgan fingerprint density at radius 1 is 1.44 bits per heavy atom. The standard InChI is InChI=1S/C6H13NO2/c1-4(7-3)6(9)5(2)8/h5-6,8-9H,1-3H3/t5-,6?/m1/s1. The van der Waals surface area contributed by atoms with Crippen molar-refractivity contribution in [3.63, 3.8) is 0 Å². The third-order valence-electron chi connectivity index (χ3n) is 1.24. The summed E-state index contributed by atoms with van der Waals surface area (Å²) in [6.45, 7) is 3.21. The number of rotatable bonds is 2. The fourth-order valence-electron chi connectivity index (χ4n) is 0.481. The van der Waals surface area contributed by atoms with E-state index in [1.54, 1.807) is 14.0 Å². The lowest BCUT2D eigenvalue weighted by Crippen LogP contribution is -2.29. The smallest absolute Gasteiger partial charge is 0.117 e. The Morgan fingerprint density at radius 2 is 1.89 bits per heavy atom. The van der Waals surface area contributed by atoms with Crippen LogP contribution in [0.1, 0.15) is 13.8 Å². The summed E-state index contributed by atoms with van der Waals surface area (Å²) in [5.41, 5.74) is 0.560. The Labute approximate surface area is 55.0 Å². The molecule has 0 aliphatic carbocycles. The quantitative estimate of drug-likeness (QED) is 0.511. The fourth-order valence-corrected chi connectivity index (χ4v) is 0.481. The fraction of sp³-hybridized carbons (Fsp3) is 0.833. The molecule has 0 aliphatic heterocycles. The summed E-state index contributed by atoms with van der Waals surface area (Å²) in [5.74, 6) is 0. The average Bonchev–Trinajstić information content (AvgIpc) is 1.84. The summed E-state index contributed by atoms with van der Waals surface area (Å²) in [4.78, 5) is 3.72. The molecule has 0 bridgehead atoms. The van der Waals surface area contributed by atoms with Crippen molar-refractivity contribution in [2.75, 3.05) is 7.05 Å². The first-order valence-electron chi connectivity index (χ1n) is 2.89. The van der Waals surface area contributed by atoms with E-state index in [1.165, 1.54) is 6.92 Å². The van der Waals surface area contributed by atoms with Crippen LogP contribution in [0.2, 0.25) is 0 Å². The molecule has 0 saturated carbocycles. The van der Waals surface area contributed by atoms with Gasteiger partial charge in [0.15, 0.2) is 0 Å². The van der Waals surface area contributed by atoms with Crippen LogP contribution in [-0.4, -0.2) is 35.2 Å². The highest BCUT2D eigenvalue weighted by Gasteiger charge is 2.12. The van der Waals surface area contributed by atoms with Crippen LogP contribution in [0.25, 0.3) is 0 Å². The molecule has 0 amide bonds. The van der Waals surface area contributed by atoms with E-state index in [9.17, 15) is 0 Å². The van der Waals surface area contributed by atoms with E-state index in [0.717, 1.165) is 0 Å². The minimum atomic E-state index is -0.810. The van der Waals surface area contributed by atoms with Gasteiger partial charge in [-0.05, 0) is 13.8 Å². The van der Waals surface area contributed by atoms with Gasteiger partial charge in [-0.15, -0.1) is 0 Å². The van der Waals surface area contributed by atoms with Gasteiger partial charge >= 0.3 is 0 Å². The van der Waals surface area contributed by atoms with Crippen LogP contribution >= 0.6 is 0 Å². The highest BCUT2D eigenvalue weighted by molar-refractivity contribution is 5.86. The largest absolute Gasteiger partial charge is 0.390 e. The topological polar surface area (TPSA) is 52.8 Å². The summed E-state index contributed by atoms with van der Waals surface area (Å²) >= 11 is 0. The van der Waals surface area contributed by atoms with Crippen molar-refractivity contribution in [2.45, 2.75) is 26.1 Å². The van der Waals surface area contributed by atoms with E-state index in [1.807, 2.05) is 0 Å². The third kappa shape index (κ3) is 2.58. The molecule has 0 rings (SSSR count). The van der Waals surface area contributed by atoms with Crippen molar-refractivity contribution >= 4 is 5.71 Å². The summed E-state index contributed by atoms with van der Waals surface area (Å²) < 4.78 is 0. The van der Waals surface area contributed by atoms with Gasteiger partial charge in [0.05, 0.1) is 6.10 Å².